The van der Waals surface area contributed by atoms with E-state index in [0.717, 1.165) is 25.9 Å². The topological polar surface area (TPSA) is 85.0 Å². The number of piperidine rings is 1. The van der Waals surface area contributed by atoms with Crippen molar-refractivity contribution in [3.8, 4) is 0 Å². The summed E-state index contributed by atoms with van der Waals surface area (Å²) in [7, 11) is 0. The number of amides is 1. The molecule has 3 heterocycles. The molecule has 2 aromatic rings. The van der Waals surface area contributed by atoms with Gasteiger partial charge in [-0.15, -0.1) is 0 Å². The van der Waals surface area contributed by atoms with Gasteiger partial charge in [0.2, 0.25) is 0 Å². The van der Waals surface area contributed by atoms with Gasteiger partial charge in [0.15, 0.2) is 5.69 Å². The van der Waals surface area contributed by atoms with Gasteiger partial charge in [0.1, 0.15) is 6.26 Å². The quantitative estimate of drug-likeness (QED) is 0.862. The van der Waals surface area contributed by atoms with E-state index in [9.17, 15) is 4.79 Å². The van der Waals surface area contributed by atoms with E-state index in [2.05, 4.69) is 25.4 Å². The first kappa shape index (κ1) is 11.9. The van der Waals surface area contributed by atoms with Gasteiger partial charge >= 0.3 is 0 Å². The standard InChI is InChI=1S/C12H15N5O2/c18-12(11-3-6-19-16-11)15-9-7-14-17(8-9)10-1-4-13-5-2-10/h3,6-8,10,13H,1-2,4-5H2,(H,15,18). The van der Waals surface area contributed by atoms with Gasteiger partial charge in [0.25, 0.3) is 5.91 Å². The third-order valence-electron chi connectivity index (χ3n) is 3.21. The van der Waals surface area contributed by atoms with Gasteiger partial charge in [-0.2, -0.15) is 5.10 Å². The lowest BCUT2D eigenvalue weighted by molar-refractivity contribution is 0.101. The van der Waals surface area contributed by atoms with Crippen molar-refractivity contribution in [1.29, 1.82) is 0 Å². The van der Waals surface area contributed by atoms with Gasteiger partial charge in [-0.3, -0.25) is 9.48 Å². The third kappa shape index (κ3) is 2.65. The Kier molecular flexibility index (Phi) is 3.28. The average Bonchev–Trinajstić information content (AvgIpc) is 3.11. The van der Waals surface area contributed by atoms with E-state index in [0.29, 0.717) is 11.7 Å². The van der Waals surface area contributed by atoms with Crippen molar-refractivity contribution in [3.63, 3.8) is 0 Å². The second kappa shape index (κ2) is 5.23. The van der Waals surface area contributed by atoms with Gasteiger partial charge in [-0.05, 0) is 25.9 Å². The predicted octanol–water partition coefficient (Wildman–Crippen LogP) is 1.05. The molecule has 1 aliphatic rings. The number of rotatable bonds is 3. The lowest BCUT2D eigenvalue weighted by Crippen LogP contribution is -2.29. The molecule has 1 saturated heterocycles. The van der Waals surface area contributed by atoms with Crippen LogP contribution in [0, 0.1) is 0 Å². The molecule has 0 atom stereocenters. The molecule has 1 amide bonds. The number of anilines is 1. The summed E-state index contributed by atoms with van der Waals surface area (Å²) < 4.78 is 6.55. The Morgan fingerprint density at radius 1 is 1.47 bits per heavy atom. The average molecular weight is 261 g/mol. The Labute approximate surface area is 110 Å². The van der Waals surface area contributed by atoms with Crippen molar-refractivity contribution in [3.05, 3.63) is 30.4 Å². The van der Waals surface area contributed by atoms with E-state index in [-0.39, 0.29) is 11.6 Å². The molecule has 0 aromatic carbocycles. The van der Waals surface area contributed by atoms with Gasteiger partial charge in [-0.25, -0.2) is 0 Å². The summed E-state index contributed by atoms with van der Waals surface area (Å²) in [4.78, 5) is 11.8. The molecule has 0 saturated carbocycles. The van der Waals surface area contributed by atoms with Gasteiger partial charge < -0.3 is 15.2 Å². The SMILES string of the molecule is O=C(Nc1cnn(C2CCNCC2)c1)c1ccon1. The van der Waals surface area contributed by atoms with Gasteiger partial charge in [-0.1, -0.05) is 5.16 Å². The van der Waals surface area contributed by atoms with Crippen LogP contribution in [0.15, 0.2) is 29.2 Å². The third-order valence-corrected chi connectivity index (χ3v) is 3.21. The van der Waals surface area contributed by atoms with Crippen LogP contribution in [0.1, 0.15) is 29.4 Å². The van der Waals surface area contributed by atoms with E-state index in [4.69, 9.17) is 0 Å². The van der Waals surface area contributed by atoms with Crippen LogP contribution < -0.4 is 10.6 Å². The van der Waals surface area contributed by atoms with Crippen molar-refractivity contribution in [2.75, 3.05) is 18.4 Å². The molecule has 0 aliphatic carbocycles. The zero-order valence-electron chi connectivity index (χ0n) is 10.4. The van der Waals surface area contributed by atoms with Crippen LogP contribution in [0.2, 0.25) is 0 Å². The minimum atomic E-state index is -0.293. The fourth-order valence-corrected chi connectivity index (χ4v) is 2.20. The van der Waals surface area contributed by atoms with Crippen LogP contribution in [0.3, 0.4) is 0 Å². The molecule has 1 fully saturated rings. The highest BCUT2D eigenvalue weighted by molar-refractivity contribution is 6.02. The Balaban J connectivity index is 1.66. The summed E-state index contributed by atoms with van der Waals surface area (Å²) in [5.74, 6) is -0.293. The van der Waals surface area contributed by atoms with E-state index in [1.807, 2.05) is 10.9 Å². The minimum Gasteiger partial charge on any atom is -0.364 e. The number of hydrogen-bond acceptors (Lipinski definition) is 5. The zero-order chi connectivity index (χ0) is 13.1. The molecule has 2 aromatic heterocycles. The van der Waals surface area contributed by atoms with Crippen LogP contribution in [0.25, 0.3) is 0 Å². The fourth-order valence-electron chi connectivity index (χ4n) is 2.20. The van der Waals surface area contributed by atoms with Crippen molar-refractivity contribution in [2.45, 2.75) is 18.9 Å². The second-order valence-electron chi connectivity index (χ2n) is 4.53. The lowest BCUT2D eigenvalue weighted by Gasteiger charge is -2.22. The monoisotopic (exact) mass is 261 g/mol. The molecule has 7 nitrogen and oxygen atoms in total. The largest absolute Gasteiger partial charge is 0.364 e. The molecular weight excluding hydrogens is 246 g/mol. The van der Waals surface area contributed by atoms with Crippen LogP contribution >= 0.6 is 0 Å². The van der Waals surface area contributed by atoms with Crippen LogP contribution in [-0.2, 0) is 0 Å². The predicted molar refractivity (Wildman–Crippen MR) is 67.8 cm³/mol. The summed E-state index contributed by atoms with van der Waals surface area (Å²) in [6.07, 6.45) is 6.98. The first-order valence-corrected chi connectivity index (χ1v) is 6.29. The van der Waals surface area contributed by atoms with Gasteiger partial charge in [0, 0.05) is 12.3 Å². The minimum absolute atomic E-state index is 0.259. The summed E-state index contributed by atoms with van der Waals surface area (Å²) in [5.41, 5.74) is 0.932. The highest BCUT2D eigenvalue weighted by Gasteiger charge is 2.16. The number of nitrogens with zero attached hydrogens (tertiary/aromatic N) is 3. The zero-order valence-corrected chi connectivity index (χ0v) is 10.4. The van der Waals surface area contributed by atoms with Crippen molar-refractivity contribution < 1.29 is 9.32 Å². The van der Waals surface area contributed by atoms with E-state index in [1.165, 1.54) is 12.3 Å². The molecule has 2 N–H and O–H groups in total. The summed E-state index contributed by atoms with van der Waals surface area (Å²) >= 11 is 0. The second-order valence-corrected chi connectivity index (χ2v) is 4.53. The molecule has 0 spiro atoms. The van der Waals surface area contributed by atoms with Crippen molar-refractivity contribution >= 4 is 11.6 Å². The maximum atomic E-state index is 11.8. The maximum Gasteiger partial charge on any atom is 0.277 e. The Morgan fingerprint density at radius 2 is 2.32 bits per heavy atom. The first-order chi connectivity index (χ1) is 9.33. The fraction of sp³-hybridized carbons (Fsp3) is 0.417. The smallest absolute Gasteiger partial charge is 0.277 e. The molecule has 0 unspecified atom stereocenters. The van der Waals surface area contributed by atoms with Crippen LogP contribution in [-0.4, -0.2) is 33.9 Å². The molecule has 3 rings (SSSR count). The number of aromatic nitrogens is 3. The molecule has 1 aliphatic heterocycles. The Hall–Kier alpha value is -2.15. The van der Waals surface area contributed by atoms with Crippen molar-refractivity contribution in [1.82, 2.24) is 20.3 Å². The molecule has 100 valence electrons. The summed E-state index contributed by atoms with van der Waals surface area (Å²) in [6.45, 7) is 2.01. The summed E-state index contributed by atoms with van der Waals surface area (Å²) in [5, 5.41) is 13.9. The van der Waals surface area contributed by atoms with Crippen LogP contribution in [0.5, 0.6) is 0 Å². The number of hydrogen-bond donors (Lipinski definition) is 2. The molecule has 7 heteroatoms. The highest BCUT2D eigenvalue weighted by Crippen LogP contribution is 2.19. The molecule has 19 heavy (non-hydrogen) atoms. The normalized spacial score (nSPS) is 16.4. The molecular formula is C12H15N5O2. The highest BCUT2D eigenvalue weighted by atomic mass is 16.5. The van der Waals surface area contributed by atoms with E-state index >= 15 is 0 Å². The number of carbonyl (C=O) groups excluding carboxylic acids is 1. The number of carbonyl (C=O) groups is 1. The van der Waals surface area contributed by atoms with Crippen molar-refractivity contribution in [2.24, 2.45) is 0 Å². The van der Waals surface area contributed by atoms with E-state index in [1.54, 1.807) is 6.20 Å². The van der Waals surface area contributed by atoms with Crippen LogP contribution in [0.4, 0.5) is 5.69 Å². The Bertz CT molecular complexity index is 542. The molecule has 0 bridgehead atoms. The van der Waals surface area contributed by atoms with Gasteiger partial charge in [0.05, 0.1) is 17.9 Å². The van der Waals surface area contributed by atoms with E-state index < -0.39 is 0 Å². The maximum absolute atomic E-state index is 11.8. The molecule has 0 radical (unpaired) electrons. The summed E-state index contributed by atoms with van der Waals surface area (Å²) in [6, 6.07) is 1.92. The lowest BCUT2D eigenvalue weighted by atomic mass is 10.1. The Morgan fingerprint density at radius 3 is 3.05 bits per heavy atom. The first-order valence-electron chi connectivity index (χ1n) is 6.29. The number of nitrogens with one attached hydrogen (secondary N) is 2.